The summed E-state index contributed by atoms with van der Waals surface area (Å²) in [6.45, 7) is 2.06. The molecule has 0 spiro atoms. The molecular weight excluding hydrogens is 462 g/mol. The predicted molar refractivity (Wildman–Crippen MR) is 124 cm³/mol. The number of anilines is 1. The van der Waals surface area contributed by atoms with Gasteiger partial charge >= 0.3 is 0 Å². The van der Waals surface area contributed by atoms with Crippen molar-refractivity contribution in [3.05, 3.63) is 82.0 Å². The maximum Gasteiger partial charge on any atom is 0.257 e. The van der Waals surface area contributed by atoms with Gasteiger partial charge in [0.1, 0.15) is 6.04 Å². The first-order valence-electron chi connectivity index (χ1n) is 10.0. The fraction of sp³-hybridized carbons (Fsp3) is 0.174. The lowest BCUT2D eigenvalue weighted by Crippen LogP contribution is -2.45. The molecule has 0 saturated carbocycles. The second-order valence-corrected chi connectivity index (χ2v) is 10.3. The second kappa shape index (κ2) is 8.89. The van der Waals surface area contributed by atoms with E-state index in [9.17, 15) is 22.8 Å². The first-order valence-corrected chi connectivity index (χ1v) is 12.5. The Morgan fingerprint density at radius 1 is 1.12 bits per heavy atom. The van der Waals surface area contributed by atoms with Crippen molar-refractivity contribution in [3.63, 3.8) is 0 Å². The van der Waals surface area contributed by atoms with Crippen molar-refractivity contribution >= 4 is 44.8 Å². The summed E-state index contributed by atoms with van der Waals surface area (Å²) < 4.78 is 23.0. The molecule has 3 amide bonds. The van der Waals surface area contributed by atoms with Crippen molar-refractivity contribution in [2.45, 2.75) is 30.8 Å². The molecule has 1 aromatic heterocycles. The number of hydrogen-bond donors (Lipinski definition) is 1. The summed E-state index contributed by atoms with van der Waals surface area (Å²) in [4.78, 5) is 42.8. The fourth-order valence-corrected chi connectivity index (χ4v) is 4.97. The third-order valence-corrected chi connectivity index (χ3v) is 7.15. The zero-order valence-corrected chi connectivity index (χ0v) is 19.3. The van der Waals surface area contributed by atoms with E-state index in [1.165, 1.54) is 40.5 Å². The summed E-state index contributed by atoms with van der Waals surface area (Å²) in [6.07, 6.45) is -0.168. The van der Waals surface area contributed by atoms with Crippen molar-refractivity contribution in [3.8, 4) is 0 Å². The molecule has 1 saturated heterocycles. The van der Waals surface area contributed by atoms with E-state index >= 15 is 0 Å². The third kappa shape index (κ3) is 4.72. The van der Waals surface area contributed by atoms with E-state index in [0.717, 1.165) is 15.3 Å². The van der Waals surface area contributed by atoms with Gasteiger partial charge in [0, 0.05) is 10.4 Å². The maximum absolute atomic E-state index is 13.4. The van der Waals surface area contributed by atoms with E-state index < -0.39 is 27.9 Å². The van der Waals surface area contributed by atoms with Gasteiger partial charge in [0.25, 0.3) is 11.8 Å². The number of aryl methyl sites for hydroxylation is 1. The molecule has 4 rings (SSSR count). The van der Waals surface area contributed by atoms with E-state index in [4.69, 9.17) is 5.14 Å². The molecule has 1 aliphatic rings. The molecule has 1 unspecified atom stereocenters. The molecule has 170 valence electrons. The lowest BCUT2D eigenvalue weighted by atomic mass is 10.1. The summed E-state index contributed by atoms with van der Waals surface area (Å²) in [6, 6.07) is 15.0. The second-order valence-electron chi connectivity index (χ2n) is 7.71. The van der Waals surface area contributed by atoms with Crippen molar-refractivity contribution in [2.24, 2.45) is 5.14 Å². The Balaban J connectivity index is 1.67. The summed E-state index contributed by atoms with van der Waals surface area (Å²) in [5.74, 6) is -1.35. The Labute approximate surface area is 195 Å². The standard InChI is InChI=1S/C23H21N3O5S2/c1-15-4-2-5-16(12-15)22(28)25(14-18-6-3-11-32-18)20-13-21(27)26(23(20)29)17-7-9-19(10-8-17)33(24,30)31/h2-12,20H,13-14H2,1H3,(H2,24,30,31). The number of carbonyl (C=O) groups excluding carboxylic acids is 3. The SMILES string of the molecule is Cc1cccc(C(=O)N(Cc2cccs2)C2CC(=O)N(c3ccc(S(N)(=O)=O)cc3)C2=O)c1. The predicted octanol–water partition coefficient (Wildman–Crippen LogP) is 2.68. The zero-order chi connectivity index (χ0) is 23.8. The molecule has 2 N–H and O–H groups in total. The highest BCUT2D eigenvalue weighted by molar-refractivity contribution is 7.89. The Kier molecular flexibility index (Phi) is 6.15. The number of rotatable bonds is 6. The van der Waals surface area contributed by atoms with Gasteiger partial charge in [0.15, 0.2) is 0 Å². The van der Waals surface area contributed by atoms with Gasteiger partial charge in [0.05, 0.1) is 23.5 Å². The monoisotopic (exact) mass is 483 g/mol. The van der Waals surface area contributed by atoms with Crippen LogP contribution >= 0.6 is 11.3 Å². The van der Waals surface area contributed by atoms with Crippen LogP contribution in [0, 0.1) is 6.92 Å². The van der Waals surface area contributed by atoms with E-state index in [1.54, 1.807) is 18.2 Å². The van der Waals surface area contributed by atoms with Gasteiger partial charge in [-0.25, -0.2) is 18.5 Å². The molecular formula is C23H21N3O5S2. The quantitative estimate of drug-likeness (QED) is 0.541. The number of nitrogens with zero attached hydrogens (tertiary/aromatic N) is 2. The first-order chi connectivity index (χ1) is 15.6. The highest BCUT2D eigenvalue weighted by atomic mass is 32.2. The van der Waals surface area contributed by atoms with Crippen LogP contribution < -0.4 is 10.0 Å². The maximum atomic E-state index is 13.4. The summed E-state index contributed by atoms with van der Waals surface area (Å²) in [7, 11) is -3.91. The molecule has 1 fully saturated rings. The molecule has 0 bridgehead atoms. The number of primary sulfonamides is 1. The largest absolute Gasteiger partial charge is 0.321 e. The highest BCUT2D eigenvalue weighted by Gasteiger charge is 2.44. The van der Waals surface area contributed by atoms with Gasteiger partial charge in [-0.3, -0.25) is 14.4 Å². The number of hydrogen-bond acceptors (Lipinski definition) is 6. The third-order valence-electron chi connectivity index (χ3n) is 5.35. The normalized spacial score (nSPS) is 16.3. The van der Waals surface area contributed by atoms with Gasteiger partial charge in [-0.05, 0) is 54.8 Å². The van der Waals surface area contributed by atoms with Crippen LogP contribution in [-0.2, 0) is 26.2 Å². The topological polar surface area (TPSA) is 118 Å². The number of sulfonamides is 1. The van der Waals surface area contributed by atoms with Crippen LogP contribution in [0.15, 0.2) is 70.9 Å². The van der Waals surface area contributed by atoms with Crippen LogP contribution in [0.3, 0.4) is 0 Å². The molecule has 0 aliphatic carbocycles. The van der Waals surface area contributed by atoms with E-state index in [-0.39, 0.29) is 29.5 Å². The van der Waals surface area contributed by atoms with Gasteiger partial charge in [0.2, 0.25) is 15.9 Å². The van der Waals surface area contributed by atoms with Crippen molar-refractivity contribution in [1.82, 2.24) is 4.90 Å². The highest BCUT2D eigenvalue weighted by Crippen LogP contribution is 2.29. The average molecular weight is 484 g/mol. The Morgan fingerprint density at radius 2 is 1.85 bits per heavy atom. The number of nitrogens with two attached hydrogens (primary N) is 1. The van der Waals surface area contributed by atoms with Crippen molar-refractivity contribution in [2.75, 3.05) is 4.90 Å². The number of benzene rings is 2. The van der Waals surface area contributed by atoms with Crippen LogP contribution in [0.4, 0.5) is 5.69 Å². The molecule has 2 heterocycles. The number of carbonyl (C=O) groups is 3. The molecule has 10 heteroatoms. The minimum Gasteiger partial charge on any atom is -0.321 e. The lowest BCUT2D eigenvalue weighted by Gasteiger charge is -2.27. The zero-order valence-electron chi connectivity index (χ0n) is 17.7. The smallest absolute Gasteiger partial charge is 0.257 e. The number of thiophene rings is 1. The van der Waals surface area contributed by atoms with E-state index in [0.29, 0.717) is 5.56 Å². The minimum atomic E-state index is -3.91. The van der Waals surface area contributed by atoms with Crippen molar-refractivity contribution in [1.29, 1.82) is 0 Å². The summed E-state index contributed by atoms with van der Waals surface area (Å²) >= 11 is 1.46. The van der Waals surface area contributed by atoms with E-state index in [1.807, 2.05) is 30.5 Å². The Hall–Kier alpha value is -3.34. The van der Waals surface area contributed by atoms with Gasteiger partial charge in [-0.1, -0.05) is 23.8 Å². The molecule has 1 aliphatic heterocycles. The van der Waals surface area contributed by atoms with Crippen LogP contribution in [0.1, 0.15) is 27.2 Å². The lowest BCUT2D eigenvalue weighted by molar-refractivity contribution is -0.122. The summed E-state index contributed by atoms with van der Waals surface area (Å²) in [5.41, 5.74) is 1.56. The molecule has 3 aromatic rings. The number of amides is 3. The van der Waals surface area contributed by atoms with Gasteiger partial charge in [-0.15, -0.1) is 11.3 Å². The van der Waals surface area contributed by atoms with Crippen LogP contribution in [0.5, 0.6) is 0 Å². The minimum absolute atomic E-state index is 0.129. The molecule has 1 atom stereocenters. The average Bonchev–Trinajstić information content (AvgIpc) is 3.38. The van der Waals surface area contributed by atoms with Crippen LogP contribution in [0.2, 0.25) is 0 Å². The van der Waals surface area contributed by atoms with Crippen LogP contribution in [0.25, 0.3) is 0 Å². The molecule has 8 nitrogen and oxygen atoms in total. The molecule has 0 radical (unpaired) electrons. The van der Waals surface area contributed by atoms with Crippen LogP contribution in [-0.4, -0.2) is 37.1 Å². The summed E-state index contributed by atoms with van der Waals surface area (Å²) in [5, 5.41) is 7.00. The van der Waals surface area contributed by atoms with Gasteiger partial charge in [-0.2, -0.15) is 0 Å². The first kappa shape index (κ1) is 22.8. The molecule has 2 aromatic carbocycles. The Bertz CT molecular complexity index is 1320. The van der Waals surface area contributed by atoms with Crippen molar-refractivity contribution < 1.29 is 22.8 Å². The molecule has 33 heavy (non-hydrogen) atoms. The number of imide groups is 1. The fourth-order valence-electron chi connectivity index (χ4n) is 3.75. The Morgan fingerprint density at radius 3 is 2.45 bits per heavy atom. The van der Waals surface area contributed by atoms with E-state index in [2.05, 4.69) is 0 Å². The van der Waals surface area contributed by atoms with Gasteiger partial charge < -0.3 is 4.90 Å².